The largest absolute Gasteiger partial charge is 0.330 e. The van der Waals surface area contributed by atoms with Crippen LogP contribution < -0.4 is 5.73 Å². The van der Waals surface area contributed by atoms with Crippen LogP contribution in [-0.4, -0.2) is 26.5 Å². The maximum absolute atomic E-state index is 11.5. The van der Waals surface area contributed by atoms with Crippen LogP contribution in [0.4, 0.5) is 0 Å². The lowest BCUT2D eigenvalue weighted by molar-refractivity contribution is 0.256. The highest BCUT2D eigenvalue weighted by molar-refractivity contribution is 7.91. The Bertz CT molecular complexity index is 300. The normalized spacial score (nSPS) is 31.7. The van der Waals surface area contributed by atoms with Crippen molar-refractivity contribution in [3.05, 3.63) is 0 Å². The second kappa shape index (κ2) is 4.83. The topological polar surface area (TPSA) is 60.2 Å². The summed E-state index contributed by atoms with van der Waals surface area (Å²) in [5.41, 5.74) is 5.65. The van der Waals surface area contributed by atoms with Crippen LogP contribution in [0.5, 0.6) is 0 Å². The molecule has 1 fully saturated rings. The van der Waals surface area contributed by atoms with E-state index in [-0.39, 0.29) is 5.41 Å². The number of nitrogens with two attached hydrogens (primary N) is 1. The Kier molecular flexibility index (Phi) is 4.18. The molecule has 0 amide bonds. The van der Waals surface area contributed by atoms with E-state index in [0.717, 1.165) is 19.3 Å². The van der Waals surface area contributed by atoms with Gasteiger partial charge in [-0.15, -0.1) is 0 Å². The Morgan fingerprint density at radius 3 is 2.53 bits per heavy atom. The van der Waals surface area contributed by atoms with Crippen molar-refractivity contribution in [3.63, 3.8) is 0 Å². The predicted molar refractivity (Wildman–Crippen MR) is 63.4 cm³/mol. The SMILES string of the molecule is CCCC(C)CC1(CN)CCS(=O)(=O)C1. The van der Waals surface area contributed by atoms with Crippen LogP contribution in [0.2, 0.25) is 0 Å². The average molecular weight is 233 g/mol. The van der Waals surface area contributed by atoms with Crippen molar-refractivity contribution in [1.29, 1.82) is 0 Å². The third-order valence-electron chi connectivity index (χ3n) is 3.47. The molecule has 3 nitrogen and oxygen atoms in total. The monoisotopic (exact) mass is 233 g/mol. The molecular formula is C11H23NO2S. The van der Waals surface area contributed by atoms with E-state index >= 15 is 0 Å². The number of hydrogen-bond donors (Lipinski definition) is 1. The van der Waals surface area contributed by atoms with Gasteiger partial charge in [0.05, 0.1) is 11.5 Å². The van der Waals surface area contributed by atoms with Crippen molar-refractivity contribution in [2.24, 2.45) is 17.1 Å². The summed E-state index contributed by atoms with van der Waals surface area (Å²) >= 11 is 0. The van der Waals surface area contributed by atoms with Gasteiger partial charge in [0.25, 0.3) is 0 Å². The summed E-state index contributed by atoms with van der Waals surface area (Å²) in [6.07, 6.45) is 4.06. The minimum Gasteiger partial charge on any atom is -0.330 e. The molecule has 0 radical (unpaired) electrons. The maximum atomic E-state index is 11.5. The molecule has 0 aromatic carbocycles. The molecule has 1 aliphatic heterocycles. The van der Waals surface area contributed by atoms with Gasteiger partial charge in [0.2, 0.25) is 0 Å². The minimum absolute atomic E-state index is 0.118. The van der Waals surface area contributed by atoms with Crippen LogP contribution in [0.1, 0.15) is 39.5 Å². The van der Waals surface area contributed by atoms with Crippen LogP contribution in [0.3, 0.4) is 0 Å². The van der Waals surface area contributed by atoms with Crippen LogP contribution in [-0.2, 0) is 9.84 Å². The van der Waals surface area contributed by atoms with Crippen LogP contribution in [0, 0.1) is 11.3 Å². The lowest BCUT2D eigenvalue weighted by Crippen LogP contribution is -2.33. The first-order chi connectivity index (χ1) is 6.93. The predicted octanol–water partition coefficient (Wildman–Crippen LogP) is 1.58. The molecule has 0 aromatic heterocycles. The molecule has 0 spiro atoms. The smallest absolute Gasteiger partial charge is 0.150 e. The Morgan fingerprint density at radius 1 is 1.47 bits per heavy atom. The zero-order valence-electron chi connectivity index (χ0n) is 9.83. The fraction of sp³-hybridized carbons (Fsp3) is 1.00. The first kappa shape index (κ1) is 13.0. The molecule has 15 heavy (non-hydrogen) atoms. The van der Waals surface area contributed by atoms with Gasteiger partial charge in [-0.1, -0.05) is 26.7 Å². The summed E-state index contributed by atoms with van der Waals surface area (Å²) < 4.78 is 23.0. The number of sulfone groups is 1. The van der Waals surface area contributed by atoms with Gasteiger partial charge in [-0.05, 0) is 30.7 Å². The van der Waals surface area contributed by atoms with Gasteiger partial charge in [-0.25, -0.2) is 8.42 Å². The van der Waals surface area contributed by atoms with Crippen LogP contribution in [0.15, 0.2) is 0 Å². The molecule has 0 saturated carbocycles. The third-order valence-corrected chi connectivity index (χ3v) is 5.34. The molecule has 2 unspecified atom stereocenters. The summed E-state index contributed by atoms with van der Waals surface area (Å²) in [7, 11) is -2.81. The first-order valence-electron chi connectivity index (χ1n) is 5.83. The van der Waals surface area contributed by atoms with E-state index in [1.54, 1.807) is 0 Å². The quantitative estimate of drug-likeness (QED) is 0.784. The molecule has 0 bridgehead atoms. The van der Waals surface area contributed by atoms with E-state index in [2.05, 4.69) is 13.8 Å². The van der Waals surface area contributed by atoms with Crippen molar-refractivity contribution < 1.29 is 8.42 Å². The summed E-state index contributed by atoms with van der Waals surface area (Å²) in [6.45, 7) is 4.88. The van der Waals surface area contributed by atoms with Crippen molar-refractivity contribution in [3.8, 4) is 0 Å². The Hall–Kier alpha value is -0.0900. The van der Waals surface area contributed by atoms with Gasteiger partial charge in [-0.3, -0.25) is 0 Å². The summed E-state index contributed by atoms with van der Waals surface area (Å²) in [6, 6.07) is 0. The molecule has 0 aliphatic carbocycles. The molecule has 90 valence electrons. The maximum Gasteiger partial charge on any atom is 0.150 e. The van der Waals surface area contributed by atoms with Gasteiger partial charge >= 0.3 is 0 Å². The van der Waals surface area contributed by atoms with E-state index in [9.17, 15) is 8.42 Å². The number of hydrogen-bond acceptors (Lipinski definition) is 3. The highest BCUT2D eigenvalue weighted by atomic mass is 32.2. The van der Waals surface area contributed by atoms with E-state index in [4.69, 9.17) is 5.73 Å². The van der Waals surface area contributed by atoms with Crippen molar-refractivity contribution in [1.82, 2.24) is 0 Å². The Labute approximate surface area is 93.3 Å². The molecule has 2 N–H and O–H groups in total. The molecule has 4 heteroatoms. The molecule has 1 heterocycles. The zero-order chi connectivity index (χ0) is 11.5. The fourth-order valence-corrected chi connectivity index (χ4v) is 4.92. The van der Waals surface area contributed by atoms with Crippen molar-refractivity contribution >= 4 is 9.84 Å². The van der Waals surface area contributed by atoms with Crippen LogP contribution in [0.25, 0.3) is 0 Å². The lowest BCUT2D eigenvalue weighted by Gasteiger charge is -2.29. The Morgan fingerprint density at radius 2 is 2.13 bits per heavy atom. The van der Waals surface area contributed by atoms with E-state index in [1.165, 1.54) is 6.42 Å². The average Bonchev–Trinajstić information content (AvgIpc) is 2.43. The van der Waals surface area contributed by atoms with E-state index < -0.39 is 9.84 Å². The standard InChI is InChI=1S/C11H23NO2S/c1-3-4-10(2)7-11(8-12)5-6-15(13,14)9-11/h10H,3-9,12H2,1-2H3. The molecular weight excluding hydrogens is 210 g/mol. The molecule has 0 aromatic rings. The first-order valence-corrected chi connectivity index (χ1v) is 7.66. The molecule has 2 atom stereocenters. The number of rotatable bonds is 5. The molecule has 1 aliphatic rings. The summed E-state index contributed by atoms with van der Waals surface area (Å²) in [5, 5.41) is 0. The third kappa shape index (κ3) is 3.45. The van der Waals surface area contributed by atoms with Gasteiger partial charge < -0.3 is 5.73 Å². The van der Waals surface area contributed by atoms with Gasteiger partial charge in [-0.2, -0.15) is 0 Å². The highest BCUT2D eigenvalue weighted by Crippen LogP contribution is 2.38. The molecule has 1 saturated heterocycles. The van der Waals surface area contributed by atoms with Gasteiger partial charge in [0, 0.05) is 0 Å². The Balaban J connectivity index is 2.63. The van der Waals surface area contributed by atoms with Gasteiger partial charge in [0.1, 0.15) is 0 Å². The zero-order valence-corrected chi connectivity index (χ0v) is 10.6. The van der Waals surface area contributed by atoms with E-state index in [0.29, 0.717) is 24.0 Å². The molecule has 1 rings (SSSR count). The highest BCUT2D eigenvalue weighted by Gasteiger charge is 2.41. The second-order valence-electron chi connectivity index (χ2n) is 5.14. The summed E-state index contributed by atoms with van der Waals surface area (Å²) in [5.74, 6) is 1.24. The van der Waals surface area contributed by atoms with Crippen molar-refractivity contribution in [2.75, 3.05) is 18.1 Å². The van der Waals surface area contributed by atoms with Gasteiger partial charge in [0.15, 0.2) is 9.84 Å². The fourth-order valence-electron chi connectivity index (χ4n) is 2.72. The lowest BCUT2D eigenvalue weighted by atomic mass is 9.78. The van der Waals surface area contributed by atoms with E-state index in [1.807, 2.05) is 0 Å². The second-order valence-corrected chi connectivity index (χ2v) is 7.33. The summed E-state index contributed by atoms with van der Waals surface area (Å²) in [4.78, 5) is 0. The van der Waals surface area contributed by atoms with Crippen molar-refractivity contribution in [2.45, 2.75) is 39.5 Å². The minimum atomic E-state index is -2.81. The van der Waals surface area contributed by atoms with Crippen LogP contribution >= 0.6 is 0 Å².